The molecule has 2 nitrogen and oxygen atoms in total. The normalized spacial score (nSPS) is 11.3. The van der Waals surface area contributed by atoms with Gasteiger partial charge in [0.1, 0.15) is 0 Å². The number of alkyl halides is 2. The number of ether oxygens (including phenoxy) is 1. The van der Waals surface area contributed by atoms with Gasteiger partial charge in [-0.05, 0) is 25.7 Å². The molecule has 0 atom stereocenters. The molecular formula is C14H24F2O2. The molecule has 0 aromatic rings. The number of halogens is 2. The van der Waals surface area contributed by atoms with Crippen molar-refractivity contribution >= 4 is 5.97 Å². The minimum atomic E-state index is -3.00. The van der Waals surface area contributed by atoms with Crippen molar-refractivity contribution in [3.63, 3.8) is 0 Å². The molecule has 0 rings (SSSR count). The Morgan fingerprint density at radius 3 is 2.28 bits per heavy atom. The molecule has 0 saturated heterocycles. The molecule has 0 amide bonds. The van der Waals surface area contributed by atoms with E-state index < -0.39 is 12.4 Å². The first kappa shape index (κ1) is 17.1. The fraction of sp³-hybridized carbons (Fsp3) is 0.786. The third-order valence-corrected chi connectivity index (χ3v) is 2.58. The predicted octanol–water partition coefficient (Wildman–Crippen LogP) is 4.49. The van der Waals surface area contributed by atoms with Crippen LogP contribution in [0.1, 0.15) is 58.3 Å². The first-order valence-electron chi connectivity index (χ1n) is 6.78. The maximum absolute atomic E-state index is 11.7. The van der Waals surface area contributed by atoms with Gasteiger partial charge in [-0.2, -0.15) is 8.78 Å². The summed E-state index contributed by atoms with van der Waals surface area (Å²) in [4.78, 5) is 10.4. The van der Waals surface area contributed by atoms with Crippen LogP contribution in [-0.2, 0) is 9.53 Å². The zero-order chi connectivity index (χ0) is 13.6. The van der Waals surface area contributed by atoms with E-state index >= 15 is 0 Å². The second-order valence-corrected chi connectivity index (χ2v) is 4.28. The molecule has 0 spiro atoms. The van der Waals surface area contributed by atoms with Crippen LogP contribution < -0.4 is 0 Å². The maximum Gasteiger partial charge on any atom is 0.373 e. The van der Waals surface area contributed by atoms with Crippen LogP contribution in [0.25, 0.3) is 0 Å². The average Bonchev–Trinajstić information content (AvgIpc) is 2.35. The van der Waals surface area contributed by atoms with Gasteiger partial charge in [0, 0.05) is 0 Å². The van der Waals surface area contributed by atoms with Gasteiger partial charge >= 0.3 is 12.4 Å². The van der Waals surface area contributed by atoms with Crippen molar-refractivity contribution in [3.05, 3.63) is 12.2 Å². The molecule has 0 aliphatic carbocycles. The molecule has 0 N–H and O–H groups in total. The summed E-state index contributed by atoms with van der Waals surface area (Å²) >= 11 is 0. The molecule has 0 unspecified atom stereocenters. The number of allylic oxidation sites excluding steroid dienone is 2. The van der Waals surface area contributed by atoms with Crippen molar-refractivity contribution in [1.82, 2.24) is 0 Å². The molecule has 0 radical (unpaired) electrons. The smallest absolute Gasteiger partial charge is 0.373 e. The van der Waals surface area contributed by atoms with E-state index in [0.29, 0.717) is 6.42 Å². The molecule has 0 saturated carbocycles. The van der Waals surface area contributed by atoms with Crippen molar-refractivity contribution in [2.75, 3.05) is 6.61 Å². The highest BCUT2D eigenvalue weighted by Gasteiger charge is 2.15. The van der Waals surface area contributed by atoms with Gasteiger partial charge in [0.15, 0.2) is 0 Å². The third kappa shape index (κ3) is 11.6. The zero-order valence-electron chi connectivity index (χ0n) is 11.2. The summed E-state index contributed by atoms with van der Waals surface area (Å²) in [7, 11) is 0. The van der Waals surface area contributed by atoms with Gasteiger partial charge in [-0.3, -0.25) is 0 Å². The number of carbonyl (C=O) groups is 1. The highest BCUT2D eigenvalue weighted by molar-refractivity contribution is 5.72. The molecule has 106 valence electrons. The van der Waals surface area contributed by atoms with Crippen molar-refractivity contribution in [3.8, 4) is 0 Å². The van der Waals surface area contributed by atoms with E-state index in [1.807, 2.05) is 0 Å². The molecule has 18 heavy (non-hydrogen) atoms. The van der Waals surface area contributed by atoms with E-state index in [0.717, 1.165) is 32.1 Å². The van der Waals surface area contributed by atoms with Gasteiger partial charge in [0.25, 0.3) is 0 Å². The maximum atomic E-state index is 11.7. The Hall–Kier alpha value is -0.930. The fourth-order valence-electron chi connectivity index (χ4n) is 1.51. The van der Waals surface area contributed by atoms with Crippen molar-refractivity contribution < 1.29 is 18.3 Å². The lowest BCUT2D eigenvalue weighted by atomic mass is 10.1. The van der Waals surface area contributed by atoms with Crippen LogP contribution in [0, 0.1) is 0 Å². The molecule has 0 aromatic heterocycles. The molecule has 0 aliphatic rings. The van der Waals surface area contributed by atoms with Crippen LogP contribution in [0.3, 0.4) is 0 Å². The van der Waals surface area contributed by atoms with Crippen molar-refractivity contribution in [2.24, 2.45) is 0 Å². The average molecular weight is 262 g/mol. The number of hydrogen-bond donors (Lipinski definition) is 0. The summed E-state index contributed by atoms with van der Waals surface area (Å²) in [5, 5.41) is 0. The van der Waals surface area contributed by atoms with Crippen LogP contribution in [0.4, 0.5) is 8.78 Å². The quantitative estimate of drug-likeness (QED) is 0.311. The van der Waals surface area contributed by atoms with Crippen molar-refractivity contribution in [1.29, 1.82) is 0 Å². The SMILES string of the molecule is CCCC/C=C\CCCCCCOC(=O)C(F)F. The van der Waals surface area contributed by atoms with E-state index in [4.69, 9.17) is 0 Å². The number of carbonyl (C=O) groups excluding carboxylic acids is 1. The Bertz CT molecular complexity index is 228. The van der Waals surface area contributed by atoms with Crippen LogP contribution in [0.5, 0.6) is 0 Å². The first-order chi connectivity index (χ1) is 8.68. The van der Waals surface area contributed by atoms with E-state index in [9.17, 15) is 13.6 Å². The predicted molar refractivity (Wildman–Crippen MR) is 68.7 cm³/mol. The summed E-state index contributed by atoms with van der Waals surface area (Å²) < 4.78 is 27.9. The highest BCUT2D eigenvalue weighted by Crippen LogP contribution is 2.06. The van der Waals surface area contributed by atoms with Gasteiger partial charge in [-0.25, -0.2) is 4.79 Å². The van der Waals surface area contributed by atoms with E-state index in [-0.39, 0.29) is 6.61 Å². The topological polar surface area (TPSA) is 26.3 Å². The highest BCUT2D eigenvalue weighted by atomic mass is 19.3. The summed E-state index contributed by atoms with van der Waals surface area (Å²) in [6, 6.07) is 0. The lowest BCUT2D eigenvalue weighted by Crippen LogP contribution is -2.14. The van der Waals surface area contributed by atoms with E-state index in [1.165, 1.54) is 12.8 Å². The van der Waals surface area contributed by atoms with E-state index in [2.05, 4.69) is 23.8 Å². The van der Waals surface area contributed by atoms with Crippen LogP contribution >= 0.6 is 0 Å². The first-order valence-corrected chi connectivity index (χ1v) is 6.78. The summed E-state index contributed by atoms with van der Waals surface area (Å²) in [5.74, 6) is -1.41. The Balaban J connectivity index is 3.16. The fourth-order valence-corrected chi connectivity index (χ4v) is 1.51. The minimum absolute atomic E-state index is 0.107. The molecule has 0 fully saturated rings. The van der Waals surface area contributed by atoms with Crippen molar-refractivity contribution in [2.45, 2.75) is 64.7 Å². The Morgan fingerprint density at radius 2 is 1.67 bits per heavy atom. The van der Waals surface area contributed by atoms with Gasteiger partial charge in [0.2, 0.25) is 0 Å². The summed E-state index contributed by atoms with van der Waals surface area (Å²) in [6.45, 7) is 2.28. The molecule has 0 heterocycles. The number of esters is 1. The second-order valence-electron chi connectivity index (χ2n) is 4.28. The lowest BCUT2D eigenvalue weighted by Gasteiger charge is -2.03. The number of hydrogen-bond acceptors (Lipinski definition) is 2. The largest absolute Gasteiger partial charge is 0.461 e. The van der Waals surface area contributed by atoms with Gasteiger partial charge in [-0.15, -0.1) is 0 Å². The van der Waals surface area contributed by atoms with Gasteiger partial charge < -0.3 is 4.74 Å². The molecular weight excluding hydrogens is 238 g/mol. The van der Waals surface area contributed by atoms with Crippen LogP contribution in [0.15, 0.2) is 12.2 Å². The number of unbranched alkanes of at least 4 members (excludes halogenated alkanes) is 6. The molecule has 0 bridgehead atoms. The number of rotatable bonds is 11. The van der Waals surface area contributed by atoms with Gasteiger partial charge in [-0.1, -0.05) is 44.8 Å². The minimum Gasteiger partial charge on any atom is -0.461 e. The van der Waals surface area contributed by atoms with Gasteiger partial charge in [0.05, 0.1) is 6.61 Å². The van der Waals surface area contributed by atoms with E-state index in [1.54, 1.807) is 0 Å². The standard InChI is InChI=1S/C14H24F2O2/c1-2-3-4-5-6-7-8-9-10-11-12-18-14(17)13(15)16/h5-6,13H,2-4,7-12H2,1H3/b6-5-. The molecule has 0 aliphatic heterocycles. The Morgan fingerprint density at radius 1 is 1.06 bits per heavy atom. The zero-order valence-corrected chi connectivity index (χ0v) is 11.2. The Labute approximate surface area is 108 Å². The molecule has 0 aromatic carbocycles. The summed E-state index contributed by atoms with van der Waals surface area (Å²) in [6.07, 6.45) is 9.83. The van der Waals surface area contributed by atoms with Crippen LogP contribution in [0.2, 0.25) is 0 Å². The summed E-state index contributed by atoms with van der Waals surface area (Å²) in [5.41, 5.74) is 0. The third-order valence-electron chi connectivity index (χ3n) is 2.58. The second kappa shape index (κ2) is 12.5. The van der Waals surface area contributed by atoms with Crippen LogP contribution in [-0.4, -0.2) is 19.0 Å². The lowest BCUT2D eigenvalue weighted by molar-refractivity contribution is -0.156. The monoisotopic (exact) mass is 262 g/mol. The Kier molecular flexibility index (Phi) is 11.9. The molecule has 4 heteroatoms.